The van der Waals surface area contributed by atoms with Crippen LogP contribution < -0.4 is 5.73 Å². The van der Waals surface area contributed by atoms with Gasteiger partial charge in [-0.05, 0) is 6.42 Å². The predicted octanol–water partition coefficient (Wildman–Crippen LogP) is -0.184. The van der Waals surface area contributed by atoms with Gasteiger partial charge in [0.25, 0.3) is 0 Å². The summed E-state index contributed by atoms with van der Waals surface area (Å²) in [5.41, 5.74) is 5.27. The first-order valence-corrected chi connectivity index (χ1v) is 5.93. The van der Waals surface area contributed by atoms with Crippen molar-refractivity contribution in [2.75, 3.05) is 19.8 Å². The zero-order chi connectivity index (χ0) is 12.8. The lowest BCUT2D eigenvalue weighted by atomic mass is 10.0. The first-order chi connectivity index (χ1) is 8.07. The normalized spacial score (nSPS) is 23.2. The summed E-state index contributed by atoms with van der Waals surface area (Å²) in [5.74, 6) is -1.42. The number of hydrogen-bond donors (Lipinski definition) is 2. The van der Waals surface area contributed by atoms with E-state index in [2.05, 4.69) is 0 Å². The number of primary amides is 1. The lowest BCUT2D eigenvalue weighted by Gasteiger charge is -2.37. The van der Waals surface area contributed by atoms with Gasteiger partial charge in [0, 0.05) is 6.54 Å². The van der Waals surface area contributed by atoms with Crippen molar-refractivity contribution >= 4 is 11.9 Å². The van der Waals surface area contributed by atoms with Gasteiger partial charge in [0.1, 0.15) is 12.1 Å². The second-order valence-electron chi connectivity index (χ2n) is 4.23. The number of carbonyl (C=O) groups is 2. The van der Waals surface area contributed by atoms with E-state index in [1.54, 1.807) is 4.90 Å². The van der Waals surface area contributed by atoms with Gasteiger partial charge in [0.2, 0.25) is 5.91 Å². The highest BCUT2D eigenvalue weighted by Crippen LogP contribution is 2.16. The molecule has 2 atom stereocenters. The quantitative estimate of drug-likeness (QED) is 0.676. The number of morpholine rings is 1. The Morgan fingerprint density at radius 3 is 2.82 bits per heavy atom. The molecule has 98 valence electrons. The van der Waals surface area contributed by atoms with Crippen LogP contribution >= 0.6 is 0 Å². The van der Waals surface area contributed by atoms with Crippen LogP contribution in [-0.4, -0.2) is 53.7 Å². The minimum absolute atomic E-state index is 0.186. The summed E-state index contributed by atoms with van der Waals surface area (Å²) in [6.45, 7) is 3.07. The van der Waals surface area contributed by atoms with E-state index in [0.29, 0.717) is 19.6 Å². The third-order valence-corrected chi connectivity index (χ3v) is 3.01. The fraction of sp³-hybridized carbons (Fsp3) is 0.818. The van der Waals surface area contributed by atoms with Crippen LogP contribution in [0.5, 0.6) is 0 Å². The van der Waals surface area contributed by atoms with Crippen molar-refractivity contribution in [2.45, 2.75) is 38.3 Å². The molecule has 17 heavy (non-hydrogen) atoms. The molecule has 0 bridgehead atoms. The fourth-order valence-electron chi connectivity index (χ4n) is 2.06. The smallest absolute Gasteiger partial charge is 0.320 e. The second kappa shape index (κ2) is 6.56. The molecular formula is C11H20N2O4. The van der Waals surface area contributed by atoms with Crippen LogP contribution in [0.15, 0.2) is 0 Å². The molecule has 1 heterocycles. The number of ether oxygens (including phenoxy) is 1. The van der Waals surface area contributed by atoms with Crippen molar-refractivity contribution in [3.8, 4) is 0 Å². The molecule has 1 rings (SSSR count). The van der Waals surface area contributed by atoms with Crippen LogP contribution in [0.3, 0.4) is 0 Å². The molecule has 1 amide bonds. The van der Waals surface area contributed by atoms with Gasteiger partial charge in [-0.25, -0.2) is 0 Å². The van der Waals surface area contributed by atoms with E-state index in [-0.39, 0.29) is 6.61 Å². The zero-order valence-electron chi connectivity index (χ0n) is 10.1. The Bertz CT molecular complexity index is 283. The molecule has 0 aromatic carbocycles. The van der Waals surface area contributed by atoms with Gasteiger partial charge in [0.05, 0.1) is 13.2 Å². The van der Waals surface area contributed by atoms with Gasteiger partial charge in [-0.2, -0.15) is 0 Å². The molecule has 0 spiro atoms. The van der Waals surface area contributed by atoms with Crippen LogP contribution in [-0.2, 0) is 14.3 Å². The number of carboxylic acids is 1. The summed E-state index contributed by atoms with van der Waals surface area (Å²) in [5, 5.41) is 9.22. The largest absolute Gasteiger partial charge is 0.480 e. The Kier molecular flexibility index (Phi) is 5.37. The highest BCUT2D eigenvalue weighted by Gasteiger charge is 2.36. The Morgan fingerprint density at radius 2 is 2.29 bits per heavy atom. The standard InChI is InChI=1S/C11H20N2O4/c1-2-3-4-8(11(15)16)13-5-6-17-7-9(13)10(12)14/h8-9H,2-7H2,1H3,(H2,12,14)(H,15,16). The Hall–Kier alpha value is -1.14. The van der Waals surface area contributed by atoms with Gasteiger partial charge in [0.15, 0.2) is 0 Å². The van der Waals surface area contributed by atoms with E-state index in [1.165, 1.54) is 0 Å². The van der Waals surface area contributed by atoms with Crippen LogP contribution in [0, 0.1) is 0 Å². The van der Waals surface area contributed by atoms with E-state index < -0.39 is 24.0 Å². The molecule has 0 aromatic rings. The Morgan fingerprint density at radius 1 is 1.59 bits per heavy atom. The average Bonchev–Trinajstić information content (AvgIpc) is 2.29. The number of aliphatic carboxylic acids is 1. The van der Waals surface area contributed by atoms with Crippen LogP contribution in [0.25, 0.3) is 0 Å². The van der Waals surface area contributed by atoms with Crippen LogP contribution in [0.1, 0.15) is 26.2 Å². The molecule has 6 heteroatoms. The summed E-state index contributed by atoms with van der Waals surface area (Å²) in [6, 6.07) is -1.27. The SMILES string of the molecule is CCCCC(C(=O)O)N1CCOCC1C(N)=O. The lowest BCUT2D eigenvalue weighted by Crippen LogP contribution is -2.58. The molecular weight excluding hydrogens is 224 g/mol. The summed E-state index contributed by atoms with van der Waals surface area (Å²) in [4.78, 5) is 24.2. The first kappa shape index (κ1) is 13.9. The van der Waals surface area contributed by atoms with E-state index in [1.807, 2.05) is 6.92 Å². The van der Waals surface area contributed by atoms with E-state index in [4.69, 9.17) is 10.5 Å². The van der Waals surface area contributed by atoms with E-state index in [9.17, 15) is 14.7 Å². The maximum Gasteiger partial charge on any atom is 0.320 e. The number of hydrogen-bond acceptors (Lipinski definition) is 4. The zero-order valence-corrected chi connectivity index (χ0v) is 10.1. The minimum Gasteiger partial charge on any atom is -0.480 e. The average molecular weight is 244 g/mol. The summed E-state index contributed by atoms with van der Waals surface area (Å²) in [6.07, 6.45) is 2.28. The molecule has 0 radical (unpaired) electrons. The maximum absolute atomic E-state index is 11.3. The summed E-state index contributed by atoms with van der Waals surface area (Å²) in [7, 11) is 0. The van der Waals surface area contributed by atoms with Crippen LogP contribution in [0.4, 0.5) is 0 Å². The van der Waals surface area contributed by atoms with Gasteiger partial charge >= 0.3 is 5.97 Å². The Labute approximate surface area is 101 Å². The predicted molar refractivity (Wildman–Crippen MR) is 61.5 cm³/mol. The molecule has 0 aliphatic carbocycles. The van der Waals surface area contributed by atoms with Crippen molar-refractivity contribution in [1.82, 2.24) is 4.90 Å². The number of nitrogens with two attached hydrogens (primary N) is 1. The van der Waals surface area contributed by atoms with Gasteiger partial charge in [-0.15, -0.1) is 0 Å². The van der Waals surface area contributed by atoms with Crippen molar-refractivity contribution in [3.63, 3.8) is 0 Å². The summed E-state index contributed by atoms with van der Waals surface area (Å²) >= 11 is 0. The molecule has 0 aromatic heterocycles. The van der Waals surface area contributed by atoms with Crippen molar-refractivity contribution in [3.05, 3.63) is 0 Å². The molecule has 0 saturated carbocycles. The minimum atomic E-state index is -0.897. The van der Waals surface area contributed by atoms with Gasteiger partial charge in [-0.1, -0.05) is 19.8 Å². The molecule has 1 aliphatic heterocycles. The molecule has 1 fully saturated rings. The highest BCUT2D eigenvalue weighted by atomic mass is 16.5. The molecule has 6 nitrogen and oxygen atoms in total. The number of carbonyl (C=O) groups excluding carboxylic acids is 1. The molecule has 3 N–H and O–H groups in total. The summed E-state index contributed by atoms with van der Waals surface area (Å²) < 4.78 is 5.17. The van der Waals surface area contributed by atoms with Gasteiger partial charge < -0.3 is 15.6 Å². The molecule has 1 aliphatic rings. The number of rotatable bonds is 6. The first-order valence-electron chi connectivity index (χ1n) is 5.93. The fourth-order valence-corrected chi connectivity index (χ4v) is 2.06. The monoisotopic (exact) mass is 244 g/mol. The third-order valence-electron chi connectivity index (χ3n) is 3.01. The van der Waals surface area contributed by atoms with E-state index in [0.717, 1.165) is 12.8 Å². The third kappa shape index (κ3) is 3.67. The maximum atomic E-state index is 11.3. The number of amides is 1. The number of carboxylic acid groups (broad SMARTS) is 1. The van der Waals surface area contributed by atoms with Gasteiger partial charge in [-0.3, -0.25) is 14.5 Å². The van der Waals surface area contributed by atoms with Crippen molar-refractivity contribution in [2.24, 2.45) is 5.73 Å². The van der Waals surface area contributed by atoms with Crippen LogP contribution in [0.2, 0.25) is 0 Å². The molecule has 1 saturated heterocycles. The van der Waals surface area contributed by atoms with Crippen molar-refractivity contribution in [1.29, 1.82) is 0 Å². The highest BCUT2D eigenvalue weighted by molar-refractivity contribution is 5.81. The molecule has 2 unspecified atom stereocenters. The van der Waals surface area contributed by atoms with Crippen molar-refractivity contribution < 1.29 is 19.4 Å². The number of unbranched alkanes of at least 4 members (excludes halogenated alkanes) is 1. The lowest BCUT2D eigenvalue weighted by molar-refractivity contribution is -0.150. The Balaban J connectivity index is 2.74. The number of nitrogens with zero attached hydrogens (tertiary/aromatic N) is 1. The topological polar surface area (TPSA) is 92.9 Å². The van der Waals surface area contributed by atoms with E-state index >= 15 is 0 Å². The second-order valence-corrected chi connectivity index (χ2v) is 4.23.